The molecule has 0 N–H and O–H groups in total. The third-order valence-corrected chi connectivity index (χ3v) is 0.425. The van der Waals surface area contributed by atoms with Crippen molar-refractivity contribution in [3.8, 4) is 0 Å². The molecule has 1 rings (SSSR count). The standard InChI is InChI=1S/C4H4O.Al/c1-2-4-5-3-1;/h1-4H;/q;+3. The van der Waals surface area contributed by atoms with Crippen molar-refractivity contribution in [2.24, 2.45) is 0 Å². The molecule has 1 aromatic heterocycles. The van der Waals surface area contributed by atoms with Crippen molar-refractivity contribution < 1.29 is 4.42 Å². The predicted molar refractivity (Wildman–Crippen MR) is 24.5 cm³/mol. The van der Waals surface area contributed by atoms with E-state index in [9.17, 15) is 0 Å². The number of hydrogen-bond donors (Lipinski definition) is 0. The minimum Gasteiger partial charge on any atom is -0.473 e. The molecule has 0 aromatic carbocycles. The molecular formula is C4H4AlO+3. The summed E-state index contributed by atoms with van der Waals surface area (Å²) in [6.45, 7) is 0. The molecule has 26 valence electrons. The van der Waals surface area contributed by atoms with Crippen molar-refractivity contribution in [2.75, 3.05) is 0 Å². The van der Waals surface area contributed by atoms with E-state index >= 15 is 0 Å². The van der Waals surface area contributed by atoms with Crippen LogP contribution in [0.5, 0.6) is 0 Å². The summed E-state index contributed by atoms with van der Waals surface area (Å²) in [7, 11) is 0. The van der Waals surface area contributed by atoms with Gasteiger partial charge in [-0.05, 0) is 12.1 Å². The summed E-state index contributed by atoms with van der Waals surface area (Å²) in [6.07, 6.45) is 3.25. The van der Waals surface area contributed by atoms with Crippen LogP contribution >= 0.6 is 0 Å². The maximum Gasteiger partial charge on any atom is 3.00 e. The topological polar surface area (TPSA) is 13.1 Å². The Labute approximate surface area is 47.1 Å². The first-order chi connectivity index (χ1) is 2.50. The monoisotopic (exact) mass is 95.0 g/mol. The molecule has 0 aliphatic heterocycles. The summed E-state index contributed by atoms with van der Waals surface area (Å²) in [5.74, 6) is 0. The summed E-state index contributed by atoms with van der Waals surface area (Å²) in [6, 6.07) is 3.67. The molecule has 0 bridgehead atoms. The molecule has 0 aliphatic carbocycles. The average molecular weight is 95.1 g/mol. The molecule has 0 aliphatic rings. The van der Waals surface area contributed by atoms with Crippen LogP contribution in [0.15, 0.2) is 29.1 Å². The Hall–Kier alpha value is -0.188. The number of furan rings is 1. The predicted octanol–water partition coefficient (Wildman–Crippen LogP) is 0.899. The van der Waals surface area contributed by atoms with Gasteiger partial charge in [0, 0.05) is 0 Å². The molecule has 1 heterocycles. The van der Waals surface area contributed by atoms with Gasteiger partial charge in [0.05, 0.1) is 12.5 Å². The maximum atomic E-state index is 4.58. The zero-order valence-electron chi connectivity index (χ0n) is 3.29. The van der Waals surface area contributed by atoms with E-state index in [1.54, 1.807) is 12.5 Å². The van der Waals surface area contributed by atoms with Crippen LogP contribution in [0.4, 0.5) is 0 Å². The fraction of sp³-hybridized carbons (Fsp3) is 0. The van der Waals surface area contributed by atoms with Crippen molar-refractivity contribution in [1.82, 2.24) is 0 Å². The molecule has 0 amide bonds. The van der Waals surface area contributed by atoms with Gasteiger partial charge in [-0.15, -0.1) is 0 Å². The zero-order chi connectivity index (χ0) is 3.54. The zero-order valence-corrected chi connectivity index (χ0v) is 4.45. The molecule has 1 nitrogen and oxygen atoms in total. The molecule has 2 heteroatoms. The van der Waals surface area contributed by atoms with E-state index in [1.807, 2.05) is 12.1 Å². The van der Waals surface area contributed by atoms with Crippen molar-refractivity contribution in [1.29, 1.82) is 0 Å². The largest absolute Gasteiger partial charge is 3.00 e. The summed E-state index contributed by atoms with van der Waals surface area (Å²) < 4.78 is 4.58. The second-order valence-corrected chi connectivity index (χ2v) is 0.793. The molecule has 0 radical (unpaired) electrons. The van der Waals surface area contributed by atoms with Crippen LogP contribution in [0.1, 0.15) is 0 Å². The maximum absolute atomic E-state index is 4.58. The molecule has 0 saturated heterocycles. The quantitative estimate of drug-likeness (QED) is 0.436. The van der Waals surface area contributed by atoms with Crippen LogP contribution in [0, 0.1) is 0 Å². The van der Waals surface area contributed by atoms with Crippen LogP contribution in [-0.2, 0) is 0 Å². The van der Waals surface area contributed by atoms with Gasteiger partial charge in [0.25, 0.3) is 0 Å². The first kappa shape index (κ1) is 5.81. The van der Waals surface area contributed by atoms with Gasteiger partial charge >= 0.3 is 17.4 Å². The van der Waals surface area contributed by atoms with Crippen LogP contribution in [0.2, 0.25) is 0 Å². The van der Waals surface area contributed by atoms with Crippen molar-refractivity contribution in [2.45, 2.75) is 0 Å². The summed E-state index contributed by atoms with van der Waals surface area (Å²) >= 11 is 0. The van der Waals surface area contributed by atoms with E-state index in [4.69, 9.17) is 0 Å². The second kappa shape index (κ2) is 3.02. The Morgan fingerprint density at radius 2 is 1.50 bits per heavy atom. The van der Waals surface area contributed by atoms with E-state index < -0.39 is 0 Å². The van der Waals surface area contributed by atoms with Crippen molar-refractivity contribution in [3.05, 3.63) is 24.7 Å². The van der Waals surface area contributed by atoms with Gasteiger partial charge < -0.3 is 4.42 Å². The van der Waals surface area contributed by atoms with E-state index in [1.165, 1.54) is 0 Å². The Kier molecular flexibility index (Phi) is 2.93. The molecule has 0 spiro atoms. The molecular weight excluding hydrogens is 91.0 g/mol. The van der Waals surface area contributed by atoms with Gasteiger partial charge in [-0.2, -0.15) is 0 Å². The second-order valence-electron chi connectivity index (χ2n) is 0.793. The molecule has 6 heavy (non-hydrogen) atoms. The Morgan fingerprint density at radius 1 is 1.00 bits per heavy atom. The fourth-order valence-electron chi connectivity index (χ4n) is 0.227. The summed E-state index contributed by atoms with van der Waals surface area (Å²) in [4.78, 5) is 0. The molecule has 1 aromatic rings. The summed E-state index contributed by atoms with van der Waals surface area (Å²) in [5.41, 5.74) is 0. The van der Waals surface area contributed by atoms with E-state index in [0.717, 1.165) is 0 Å². The van der Waals surface area contributed by atoms with Crippen LogP contribution in [0.3, 0.4) is 0 Å². The van der Waals surface area contributed by atoms with Gasteiger partial charge in [-0.3, -0.25) is 0 Å². The first-order valence-corrected chi connectivity index (χ1v) is 1.47. The van der Waals surface area contributed by atoms with Gasteiger partial charge in [0.1, 0.15) is 0 Å². The van der Waals surface area contributed by atoms with E-state index in [2.05, 4.69) is 4.42 Å². The Balaban J connectivity index is 0.000000250. The minimum absolute atomic E-state index is 0. The Bertz CT molecular complexity index is 64.0. The molecule has 0 atom stereocenters. The normalized spacial score (nSPS) is 6.67. The average Bonchev–Trinajstić information content (AvgIpc) is 1.76. The van der Waals surface area contributed by atoms with E-state index in [0.29, 0.717) is 0 Å². The SMILES string of the molecule is [Al+3].c1ccoc1. The molecule has 0 saturated carbocycles. The van der Waals surface area contributed by atoms with Gasteiger partial charge in [-0.25, -0.2) is 0 Å². The van der Waals surface area contributed by atoms with Crippen LogP contribution in [0.25, 0.3) is 0 Å². The molecule has 0 fully saturated rings. The Morgan fingerprint density at radius 3 is 1.67 bits per heavy atom. The first-order valence-electron chi connectivity index (χ1n) is 1.47. The fourth-order valence-corrected chi connectivity index (χ4v) is 0.227. The third-order valence-electron chi connectivity index (χ3n) is 0.425. The third kappa shape index (κ3) is 1.30. The van der Waals surface area contributed by atoms with Crippen LogP contribution < -0.4 is 0 Å². The molecule has 0 unspecified atom stereocenters. The van der Waals surface area contributed by atoms with Crippen molar-refractivity contribution >= 4 is 17.4 Å². The smallest absolute Gasteiger partial charge is 0.473 e. The van der Waals surface area contributed by atoms with Gasteiger partial charge in [-0.1, -0.05) is 0 Å². The van der Waals surface area contributed by atoms with Crippen molar-refractivity contribution in [3.63, 3.8) is 0 Å². The van der Waals surface area contributed by atoms with E-state index in [-0.39, 0.29) is 17.4 Å². The number of hydrogen-bond acceptors (Lipinski definition) is 1. The van der Waals surface area contributed by atoms with Gasteiger partial charge in [0.15, 0.2) is 0 Å². The van der Waals surface area contributed by atoms with Gasteiger partial charge in [0.2, 0.25) is 0 Å². The number of rotatable bonds is 0. The minimum atomic E-state index is 0. The van der Waals surface area contributed by atoms with Crippen LogP contribution in [-0.4, -0.2) is 17.4 Å². The summed E-state index contributed by atoms with van der Waals surface area (Å²) in [5, 5.41) is 0.